The SMILES string of the molecule is CC(C)(C)C(=O)C1=C(O)C(=O)N(c2ccccc2O)C1c1ccccn1. The number of phenols is 1. The van der Waals surface area contributed by atoms with Gasteiger partial charge in [-0.05, 0) is 24.3 Å². The van der Waals surface area contributed by atoms with Crippen LogP contribution in [0.5, 0.6) is 5.75 Å². The van der Waals surface area contributed by atoms with Gasteiger partial charge < -0.3 is 10.2 Å². The summed E-state index contributed by atoms with van der Waals surface area (Å²) >= 11 is 0. The molecule has 6 nitrogen and oxygen atoms in total. The molecule has 1 aliphatic heterocycles. The number of amides is 1. The number of ketones is 1. The zero-order valence-electron chi connectivity index (χ0n) is 14.8. The van der Waals surface area contributed by atoms with Gasteiger partial charge in [-0.1, -0.05) is 39.0 Å². The van der Waals surface area contributed by atoms with E-state index in [-0.39, 0.29) is 22.8 Å². The van der Waals surface area contributed by atoms with Crippen LogP contribution in [-0.4, -0.2) is 26.9 Å². The first-order chi connectivity index (χ1) is 12.2. The third-order valence-corrected chi connectivity index (χ3v) is 4.24. The van der Waals surface area contributed by atoms with Gasteiger partial charge in [0.2, 0.25) is 0 Å². The van der Waals surface area contributed by atoms with Crippen LogP contribution in [-0.2, 0) is 9.59 Å². The average Bonchev–Trinajstić information content (AvgIpc) is 2.86. The van der Waals surface area contributed by atoms with Gasteiger partial charge in [0.1, 0.15) is 11.8 Å². The van der Waals surface area contributed by atoms with E-state index >= 15 is 0 Å². The summed E-state index contributed by atoms with van der Waals surface area (Å²) < 4.78 is 0. The molecule has 0 saturated heterocycles. The molecule has 1 aliphatic rings. The lowest BCUT2D eigenvalue weighted by Crippen LogP contribution is -2.33. The fourth-order valence-electron chi connectivity index (χ4n) is 2.98. The highest BCUT2D eigenvalue weighted by atomic mass is 16.3. The van der Waals surface area contributed by atoms with Crippen LogP contribution in [0.4, 0.5) is 5.69 Å². The fourth-order valence-corrected chi connectivity index (χ4v) is 2.98. The van der Waals surface area contributed by atoms with E-state index in [1.807, 2.05) is 0 Å². The number of anilines is 1. The number of aliphatic hydroxyl groups excluding tert-OH is 1. The van der Waals surface area contributed by atoms with Crippen LogP contribution in [0.1, 0.15) is 32.5 Å². The minimum absolute atomic E-state index is 0.00977. The number of phenolic OH excluding ortho intramolecular Hbond substituents is 1. The molecule has 2 heterocycles. The minimum atomic E-state index is -0.913. The molecule has 0 bridgehead atoms. The monoisotopic (exact) mass is 352 g/mol. The number of pyridine rings is 1. The maximum absolute atomic E-state index is 13.0. The number of benzene rings is 1. The number of Topliss-reactive ketones (excluding diaryl/α,β-unsaturated/α-hetero) is 1. The second kappa shape index (κ2) is 6.29. The van der Waals surface area contributed by atoms with E-state index in [2.05, 4.69) is 4.98 Å². The molecule has 0 fully saturated rings. The maximum atomic E-state index is 13.0. The number of aliphatic hydroxyl groups is 1. The lowest BCUT2D eigenvalue weighted by Gasteiger charge is -2.28. The van der Waals surface area contributed by atoms with E-state index in [9.17, 15) is 19.8 Å². The van der Waals surface area contributed by atoms with Crippen LogP contribution in [0.25, 0.3) is 0 Å². The van der Waals surface area contributed by atoms with Crippen molar-refractivity contribution in [1.29, 1.82) is 0 Å². The topological polar surface area (TPSA) is 90.7 Å². The lowest BCUT2D eigenvalue weighted by molar-refractivity contribution is -0.123. The van der Waals surface area contributed by atoms with Crippen LogP contribution in [0.2, 0.25) is 0 Å². The molecule has 1 amide bonds. The normalized spacial score (nSPS) is 17.7. The Kier molecular flexibility index (Phi) is 4.28. The second-order valence-electron chi connectivity index (χ2n) is 7.16. The predicted octanol–water partition coefficient (Wildman–Crippen LogP) is 3.30. The van der Waals surface area contributed by atoms with Gasteiger partial charge in [0, 0.05) is 11.6 Å². The molecule has 6 heteroatoms. The van der Waals surface area contributed by atoms with E-state index in [4.69, 9.17) is 0 Å². The van der Waals surface area contributed by atoms with Gasteiger partial charge in [-0.2, -0.15) is 0 Å². The first-order valence-electron chi connectivity index (χ1n) is 8.24. The number of hydrogen-bond donors (Lipinski definition) is 2. The fraction of sp³-hybridized carbons (Fsp3) is 0.250. The third kappa shape index (κ3) is 2.83. The van der Waals surface area contributed by atoms with Gasteiger partial charge in [0.05, 0.1) is 17.0 Å². The highest BCUT2D eigenvalue weighted by molar-refractivity contribution is 6.17. The molecule has 26 heavy (non-hydrogen) atoms. The van der Waals surface area contributed by atoms with E-state index in [0.29, 0.717) is 5.69 Å². The first kappa shape index (κ1) is 17.7. The number of rotatable bonds is 3. The third-order valence-electron chi connectivity index (χ3n) is 4.24. The summed E-state index contributed by atoms with van der Waals surface area (Å²) in [6.07, 6.45) is 1.55. The first-order valence-corrected chi connectivity index (χ1v) is 8.24. The molecule has 134 valence electrons. The summed E-state index contributed by atoms with van der Waals surface area (Å²) in [5.41, 5.74) is -0.174. The van der Waals surface area contributed by atoms with Crippen LogP contribution in [0.3, 0.4) is 0 Å². The lowest BCUT2D eigenvalue weighted by atomic mass is 9.83. The Morgan fingerprint density at radius 3 is 2.31 bits per heavy atom. The predicted molar refractivity (Wildman–Crippen MR) is 96.7 cm³/mol. The second-order valence-corrected chi connectivity index (χ2v) is 7.16. The van der Waals surface area contributed by atoms with Crippen molar-refractivity contribution >= 4 is 17.4 Å². The number of aromatic hydroxyl groups is 1. The average molecular weight is 352 g/mol. The highest BCUT2D eigenvalue weighted by Crippen LogP contribution is 2.44. The zero-order valence-corrected chi connectivity index (χ0v) is 14.8. The summed E-state index contributed by atoms with van der Waals surface area (Å²) in [6, 6.07) is 10.5. The van der Waals surface area contributed by atoms with Crippen molar-refractivity contribution in [3.05, 3.63) is 65.7 Å². The molecule has 0 radical (unpaired) electrons. The van der Waals surface area contributed by atoms with Crippen molar-refractivity contribution in [2.24, 2.45) is 5.41 Å². The summed E-state index contributed by atoms with van der Waals surface area (Å²) in [6.45, 7) is 5.16. The Labute approximate surface area is 151 Å². The number of para-hydroxylation sites is 2. The van der Waals surface area contributed by atoms with Gasteiger partial charge in [-0.3, -0.25) is 19.5 Å². The summed E-state index contributed by atoms with van der Waals surface area (Å²) in [4.78, 5) is 31.3. The Bertz CT molecular complexity index is 898. The molecule has 1 atom stereocenters. The van der Waals surface area contributed by atoms with E-state index in [1.165, 1.54) is 11.0 Å². The van der Waals surface area contributed by atoms with E-state index in [0.717, 1.165) is 0 Å². The van der Waals surface area contributed by atoms with Crippen LogP contribution in [0, 0.1) is 5.41 Å². The molecule has 1 aromatic carbocycles. The molecule has 0 saturated carbocycles. The number of hydrogen-bond acceptors (Lipinski definition) is 5. The van der Waals surface area contributed by atoms with E-state index in [1.54, 1.807) is 63.4 Å². The van der Waals surface area contributed by atoms with Gasteiger partial charge in [0.25, 0.3) is 5.91 Å². The number of carbonyl (C=O) groups excluding carboxylic acids is 2. The van der Waals surface area contributed by atoms with Gasteiger partial charge >= 0.3 is 0 Å². The van der Waals surface area contributed by atoms with Crippen molar-refractivity contribution < 1.29 is 19.8 Å². The van der Waals surface area contributed by atoms with Crippen molar-refractivity contribution in [3.8, 4) is 5.75 Å². The molecule has 3 rings (SSSR count). The molecular formula is C20H20N2O4. The maximum Gasteiger partial charge on any atom is 0.294 e. The molecular weight excluding hydrogens is 332 g/mol. The summed E-state index contributed by atoms with van der Waals surface area (Å²) in [5.74, 6) is -1.82. The summed E-state index contributed by atoms with van der Waals surface area (Å²) in [7, 11) is 0. The van der Waals surface area contributed by atoms with Crippen molar-refractivity contribution in [2.45, 2.75) is 26.8 Å². The van der Waals surface area contributed by atoms with Gasteiger partial charge in [-0.25, -0.2) is 0 Å². The smallest absolute Gasteiger partial charge is 0.294 e. The Balaban J connectivity index is 2.23. The quantitative estimate of drug-likeness (QED) is 0.884. The molecule has 2 N–H and O–H groups in total. The van der Waals surface area contributed by atoms with Crippen molar-refractivity contribution in [2.75, 3.05) is 4.90 Å². The van der Waals surface area contributed by atoms with Crippen LogP contribution in [0.15, 0.2) is 60.0 Å². The highest BCUT2D eigenvalue weighted by Gasteiger charge is 2.47. The zero-order chi connectivity index (χ0) is 19.1. The minimum Gasteiger partial charge on any atom is -0.506 e. The number of carbonyl (C=O) groups is 2. The Hall–Kier alpha value is -3.15. The Morgan fingerprint density at radius 1 is 1.08 bits per heavy atom. The van der Waals surface area contributed by atoms with E-state index < -0.39 is 23.1 Å². The molecule has 0 spiro atoms. The number of nitrogens with zero attached hydrogens (tertiary/aromatic N) is 2. The Morgan fingerprint density at radius 2 is 1.73 bits per heavy atom. The number of aromatic nitrogens is 1. The van der Waals surface area contributed by atoms with Crippen molar-refractivity contribution in [3.63, 3.8) is 0 Å². The largest absolute Gasteiger partial charge is 0.506 e. The molecule has 1 unspecified atom stereocenters. The van der Waals surface area contributed by atoms with Crippen LogP contribution >= 0.6 is 0 Å². The molecule has 1 aromatic heterocycles. The summed E-state index contributed by atoms with van der Waals surface area (Å²) in [5, 5.41) is 20.7. The van der Waals surface area contributed by atoms with Crippen LogP contribution < -0.4 is 4.90 Å². The molecule has 0 aliphatic carbocycles. The molecule has 2 aromatic rings. The standard InChI is InChI=1S/C20H20N2O4/c1-20(2,3)18(25)15-16(12-8-6-7-11-21-12)22(19(26)17(15)24)13-9-4-5-10-14(13)23/h4-11,16,23-24H,1-3H3. The van der Waals surface area contributed by atoms with Gasteiger partial charge in [0.15, 0.2) is 11.5 Å². The van der Waals surface area contributed by atoms with Gasteiger partial charge in [-0.15, -0.1) is 0 Å². The van der Waals surface area contributed by atoms with Crippen molar-refractivity contribution in [1.82, 2.24) is 4.98 Å².